The minimum absolute atomic E-state index is 0.124. The van der Waals surface area contributed by atoms with E-state index in [-0.39, 0.29) is 5.54 Å². The molecule has 3 heteroatoms. The molecule has 15 heavy (non-hydrogen) atoms. The monoisotopic (exact) mass is 203 g/mol. The van der Waals surface area contributed by atoms with Gasteiger partial charge in [0.2, 0.25) is 0 Å². The molecule has 1 rings (SSSR count). The van der Waals surface area contributed by atoms with Crippen molar-refractivity contribution in [2.75, 3.05) is 11.9 Å². The number of nitrogens with one attached hydrogen (secondary N) is 1. The Hall–Kier alpha value is -1.53. The Morgan fingerprint density at radius 2 is 2.13 bits per heavy atom. The average molecular weight is 203 g/mol. The SMILES string of the molecule is Cc1cc(NC(C)(C)CN)ccc1C#N. The van der Waals surface area contributed by atoms with Gasteiger partial charge in [-0.1, -0.05) is 0 Å². The van der Waals surface area contributed by atoms with E-state index in [0.717, 1.165) is 11.3 Å². The standard InChI is InChI=1S/C12H17N3/c1-9-6-11(5-4-10(9)7-13)15-12(2,3)8-14/h4-6,15H,8,14H2,1-3H3. The highest BCUT2D eigenvalue weighted by atomic mass is 15.0. The Labute approximate surface area is 90.9 Å². The van der Waals surface area contributed by atoms with Crippen molar-refractivity contribution in [3.63, 3.8) is 0 Å². The van der Waals surface area contributed by atoms with Crippen molar-refractivity contribution in [1.82, 2.24) is 0 Å². The number of anilines is 1. The molecule has 0 aromatic heterocycles. The zero-order valence-corrected chi connectivity index (χ0v) is 9.46. The lowest BCUT2D eigenvalue weighted by molar-refractivity contribution is 0.580. The van der Waals surface area contributed by atoms with Gasteiger partial charge >= 0.3 is 0 Å². The summed E-state index contributed by atoms with van der Waals surface area (Å²) in [7, 11) is 0. The summed E-state index contributed by atoms with van der Waals surface area (Å²) in [5.74, 6) is 0. The van der Waals surface area contributed by atoms with Gasteiger partial charge in [-0.05, 0) is 44.5 Å². The number of rotatable bonds is 3. The maximum atomic E-state index is 8.80. The van der Waals surface area contributed by atoms with E-state index in [0.29, 0.717) is 12.1 Å². The lowest BCUT2D eigenvalue weighted by Crippen LogP contribution is -2.39. The lowest BCUT2D eigenvalue weighted by Gasteiger charge is -2.25. The van der Waals surface area contributed by atoms with Crippen LogP contribution >= 0.6 is 0 Å². The van der Waals surface area contributed by atoms with Gasteiger partial charge in [0.15, 0.2) is 0 Å². The predicted molar refractivity (Wildman–Crippen MR) is 62.7 cm³/mol. The molecule has 0 saturated heterocycles. The van der Waals surface area contributed by atoms with Crippen LogP contribution in [0.5, 0.6) is 0 Å². The fourth-order valence-corrected chi connectivity index (χ4v) is 1.31. The first kappa shape index (κ1) is 11.5. The van der Waals surface area contributed by atoms with Crippen LogP contribution in [0.3, 0.4) is 0 Å². The smallest absolute Gasteiger partial charge is 0.0994 e. The molecular weight excluding hydrogens is 186 g/mol. The van der Waals surface area contributed by atoms with Crippen LogP contribution in [0.15, 0.2) is 18.2 Å². The minimum atomic E-state index is -0.124. The molecule has 0 spiro atoms. The number of aryl methyl sites for hydroxylation is 1. The van der Waals surface area contributed by atoms with Crippen molar-refractivity contribution in [2.45, 2.75) is 26.3 Å². The highest BCUT2D eigenvalue weighted by Crippen LogP contribution is 2.18. The van der Waals surface area contributed by atoms with Crippen LogP contribution in [0.2, 0.25) is 0 Å². The summed E-state index contributed by atoms with van der Waals surface area (Å²) >= 11 is 0. The van der Waals surface area contributed by atoms with Gasteiger partial charge < -0.3 is 11.1 Å². The molecule has 80 valence electrons. The molecule has 0 aliphatic rings. The number of nitrogens with zero attached hydrogens (tertiary/aromatic N) is 1. The van der Waals surface area contributed by atoms with Crippen molar-refractivity contribution in [1.29, 1.82) is 5.26 Å². The van der Waals surface area contributed by atoms with Gasteiger partial charge in [-0.15, -0.1) is 0 Å². The second-order valence-corrected chi connectivity index (χ2v) is 4.35. The normalized spacial score (nSPS) is 10.9. The van der Waals surface area contributed by atoms with Crippen molar-refractivity contribution >= 4 is 5.69 Å². The molecular formula is C12H17N3. The van der Waals surface area contributed by atoms with Crippen LogP contribution in [0.4, 0.5) is 5.69 Å². The third kappa shape index (κ3) is 2.97. The Morgan fingerprint density at radius 3 is 2.60 bits per heavy atom. The summed E-state index contributed by atoms with van der Waals surface area (Å²) in [5.41, 5.74) is 8.21. The molecule has 3 N–H and O–H groups in total. The van der Waals surface area contributed by atoms with Crippen molar-refractivity contribution in [3.8, 4) is 6.07 Å². The van der Waals surface area contributed by atoms with E-state index in [2.05, 4.69) is 11.4 Å². The largest absolute Gasteiger partial charge is 0.379 e. The fourth-order valence-electron chi connectivity index (χ4n) is 1.31. The molecule has 0 saturated carbocycles. The number of nitrogens with two attached hydrogens (primary N) is 1. The molecule has 0 atom stereocenters. The Bertz CT molecular complexity index is 388. The van der Waals surface area contributed by atoms with Crippen LogP contribution in [0, 0.1) is 18.3 Å². The van der Waals surface area contributed by atoms with Crippen molar-refractivity contribution in [3.05, 3.63) is 29.3 Å². The molecule has 1 aromatic carbocycles. The lowest BCUT2D eigenvalue weighted by atomic mass is 10.0. The van der Waals surface area contributed by atoms with Crippen molar-refractivity contribution in [2.24, 2.45) is 5.73 Å². The molecule has 0 fully saturated rings. The number of benzene rings is 1. The van der Waals surface area contributed by atoms with E-state index in [4.69, 9.17) is 11.0 Å². The van der Waals surface area contributed by atoms with Crippen LogP contribution in [0.1, 0.15) is 25.0 Å². The third-order valence-corrected chi connectivity index (χ3v) is 2.34. The average Bonchev–Trinajstić information content (AvgIpc) is 2.17. The minimum Gasteiger partial charge on any atom is -0.379 e. The third-order valence-electron chi connectivity index (χ3n) is 2.34. The van der Waals surface area contributed by atoms with E-state index in [9.17, 15) is 0 Å². The highest BCUT2D eigenvalue weighted by molar-refractivity contribution is 5.52. The van der Waals surface area contributed by atoms with Gasteiger partial charge in [-0.3, -0.25) is 0 Å². The maximum Gasteiger partial charge on any atom is 0.0994 e. The molecule has 0 radical (unpaired) electrons. The van der Waals surface area contributed by atoms with Gasteiger partial charge in [-0.2, -0.15) is 5.26 Å². The molecule has 0 aliphatic heterocycles. The summed E-state index contributed by atoms with van der Waals surface area (Å²) < 4.78 is 0. The fraction of sp³-hybridized carbons (Fsp3) is 0.417. The van der Waals surface area contributed by atoms with Crippen LogP contribution in [-0.4, -0.2) is 12.1 Å². The van der Waals surface area contributed by atoms with Crippen LogP contribution in [0.25, 0.3) is 0 Å². The predicted octanol–water partition coefficient (Wildman–Crippen LogP) is 2.02. The van der Waals surface area contributed by atoms with E-state index < -0.39 is 0 Å². The quantitative estimate of drug-likeness (QED) is 0.790. The molecule has 0 aliphatic carbocycles. The summed E-state index contributed by atoms with van der Waals surface area (Å²) in [6.45, 7) is 6.58. The summed E-state index contributed by atoms with van der Waals surface area (Å²) in [6, 6.07) is 7.84. The summed E-state index contributed by atoms with van der Waals surface area (Å²) in [6.07, 6.45) is 0. The first-order chi connectivity index (χ1) is 6.98. The van der Waals surface area contributed by atoms with E-state index in [1.165, 1.54) is 0 Å². The molecule has 0 amide bonds. The Balaban J connectivity index is 2.90. The second kappa shape index (κ2) is 4.33. The Morgan fingerprint density at radius 1 is 1.47 bits per heavy atom. The number of hydrogen-bond acceptors (Lipinski definition) is 3. The maximum absolute atomic E-state index is 8.80. The van der Waals surface area contributed by atoms with Gasteiger partial charge in [-0.25, -0.2) is 0 Å². The molecule has 0 bridgehead atoms. The zero-order valence-electron chi connectivity index (χ0n) is 9.46. The molecule has 0 unspecified atom stereocenters. The van der Waals surface area contributed by atoms with E-state index in [1.54, 1.807) is 0 Å². The summed E-state index contributed by atoms with van der Waals surface area (Å²) in [5, 5.41) is 12.1. The van der Waals surface area contributed by atoms with Gasteiger partial charge in [0, 0.05) is 17.8 Å². The number of hydrogen-bond donors (Lipinski definition) is 2. The first-order valence-electron chi connectivity index (χ1n) is 4.97. The number of nitriles is 1. The van der Waals surface area contributed by atoms with E-state index >= 15 is 0 Å². The van der Waals surface area contributed by atoms with Gasteiger partial charge in [0.05, 0.1) is 11.6 Å². The summed E-state index contributed by atoms with van der Waals surface area (Å²) in [4.78, 5) is 0. The Kier molecular flexibility index (Phi) is 3.33. The van der Waals surface area contributed by atoms with Crippen LogP contribution in [-0.2, 0) is 0 Å². The van der Waals surface area contributed by atoms with Gasteiger partial charge in [0.1, 0.15) is 0 Å². The first-order valence-corrected chi connectivity index (χ1v) is 4.97. The molecule has 3 nitrogen and oxygen atoms in total. The van der Waals surface area contributed by atoms with Crippen molar-refractivity contribution < 1.29 is 0 Å². The molecule has 0 heterocycles. The van der Waals surface area contributed by atoms with Crippen LogP contribution < -0.4 is 11.1 Å². The van der Waals surface area contributed by atoms with E-state index in [1.807, 2.05) is 39.0 Å². The molecule has 1 aromatic rings. The topological polar surface area (TPSA) is 61.8 Å². The van der Waals surface area contributed by atoms with Gasteiger partial charge in [0.25, 0.3) is 0 Å². The highest BCUT2D eigenvalue weighted by Gasteiger charge is 2.14. The second-order valence-electron chi connectivity index (χ2n) is 4.35. The zero-order chi connectivity index (χ0) is 11.5.